The van der Waals surface area contributed by atoms with Crippen LogP contribution in [-0.2, 0) is 6.54 Å². The van der Waals surface area contributed by atoms with Crippen LogP contribution in [0.4, 0.5) is 0 Å². The van der Waals surface area contributed by atoms with Crippen LogP contribution in [0.5, 0.6) is 0 Å². The minimum atomic E-state index is 0.111. The van der Waals surface area contributed by atoms with Gasteiger partial charge in [-0.05, 0) is 44.4 Å². The molecule has 0 spiro atoms. The van der Waals surface area contributed by atoms with Gasteiger partial charge in [-0.2, -0.15) is 0 Å². The van der Waals surface area contributed by atoms with E-state index >= 15 is 0 Å². The largest absolute Gasteiger partial charge is 0.295 e. The summed E-state index contributed by atoms with van der Waals surface area (Å²) in [6.07, 6.45) is 0. The third-order valence-corrected chi connectivity index (χ3v) is 6.71. The zero-order chi connectivity index (χ0) is 22.7. The summed E-state index contributed by atoms with van der Waals surface area (Å²) >= 11 is 0. The molecule has 32 heavy (non-hydrogen) atoms. The van der Waals surface area contributed by atoms with Crippen molar-refractivity contribution >= 4 is 5.78 Å². The Morgan fingerprint density at radius 1 is 0.875 bits per heavy atom. The van der Waals surface area contributed by atoms with E-state index in [-0.39, 0.29) is 11.8 Å². The molecule has 1 saturated heterocycles. The number of carbonyl (C=O) groups is 1. The van der Waals surface area contributed by atoms with Gasteiger partial charge in [0.1, 0.15) is 0 Å². The molecule has 1 fully saturated rings. The van der Waals surface area contributed by atoms with Crippen molar-refractivity contribution in [2.45, 2.75) is 52.4 Å². The van der Waals surface area contributed by atoms with Crippen LogP contribution >= 0.6 is 0 Å². The lowest BCUT2D eigenvalue weighted by Crippen LogP contribution is -2.56. The minimum Gasteiger partial charge on any atom is -0.295 e. The van der Waals surface area contributed by atoms with Gasteiger partial charge in [0.2, 0.25) is 0 Å². The number of hydrogen-bond donors (Lipinski definition) is 0. The van der Waals surface area contributed by atoms with E-state index in [1.165, 1.54) is 22.3 Å². The molecule has 0 amide bonds. The molecular weight excluding hydrogens is 392 g/mol. The molecule has 0 bridgehead atoms. The highest BCUT2D eigenvalue weighted by Crippen LogP contribution is 2.34. The number of rotatable bonds is 6. The SMILES string of the molecule is CC(=O)c1ccc(C(c2cccc(C)c2)N2C[C@@H](C)N(Cc3ccccc3)C[C@@H]2C)cc1. The average Bonchev–Trinajstić information content (AvgIpc) is 2.78. The van der Waals surface area contributed by atoms with E-state index in [4.69, 9.17) is 0 Å². The van der Waals surface area contributed by atoms with Crippen molar-refractivity contribution in [1.82, 2.24) is 9.80 Å². The standard InChI is InChI=1S/C29H34N2O/c1-21-9-8-12-28(17-21)29(27-15-13-26(14-16-27)24(4)32)31-19-22(2)30(18-23(31)3)20-25-10-6-5-7-11-25/h5-17,22-23,29H,18-20H2,1-4H3/t22-,23+,29?/m1/s1. The van der Waals surface area contributed by atoms with Crippen LogP contribution in [0.15, 0.2) is 78.9 Å². The fraction of sp³-hybridized carbons (Fsp3) is 0.345. The van der Waals surface area contributed by atoms with Crippen molar-refractivity contribution in [3.05, 3.63) is 107 Å². The molecule has 0 aromatic heterocycles. The van der Waals surface area contributed by atoms with Gasteiger partial charge in [-0.1, -0.05) is 84.4 Å². The van der Waals surface area contributed by atoms with Crippen LogP contribution in [0.3, 0.4) is 0 Å². The predicted octanol–water partition coefficient (Wildman–Crippen LogP) is 5.88. The smallest absolute Gasteiger partial charge is 0.159 e. The Morgan fingerprint density at radius 2 is 1.59 bits per heavy atom. The average molecular weight is 427 g/mol. The highest BCUT2D eigenvalue weighted by molar-refractivity contribution is 5.94. The summed E-state index contributed by atoms with van der Waals surface area (Å²) in [5.74, 6) is 0.111. The normalized spacial score (nSPS) is 20.8. The second kappa shape index (κ2) is 9.81. The Bertz CT molecular complexity index is 1040. The van der Waals surface area contributed by atoms with E-state index in [9.17, 15) is 4.79 Å². The number of nitrogens with zero attached hydrogens (tertiary/aromatic N) is 2. The third kappa shape index (κ3) is 5.01. The molecule has 3 nitrogen and oxygen atoms in total. The molecule has 0 N–H and O–H groups in total. The van der Waals surface area contributed by atoms with Crippen molar-refractivity contribution in [2.24, 2.45) is 0 Å². The lowest BCUT2D eigenvalue weighted by molar-refractivity contribution is 0.0195. The first kappa shape index (κ1) is 22.4. The van der Waals surface area contributed by atoms with Crippen molar-refractivity contribution in [3.8, 4) is 0 Å². The van der Waals surface area contributed by atoms with Crippen LogP contribution in [0.2, 0.25) is 0 Å². The van der Waals surface area contributed by atoms with Crippen molar-refractivity contribution < 1.29 is 4.79 Å². The summed E-state index contributed by atoms with van der Waals surface area (Å²) in [5, 5.41) is 0. The van der Waals surface area contributed by atoms with Crippen molar-refractivity contribution in [3.63, 3.8) is 0 Å². The Hall–Kier alpha value is -2.75. The van der Waals surface area contributed by atoms with E-state index in [0.717, 1.165) is 25.2 Å². The van der Waals surface area contributed by atoms with Crippen LogP contribution in [-0.4, -0.2) is 40.8 Å². The third-order valence-electron chi connectivity index (χ3n) is 6.71. The molecule has 3 heteroatoms. The molecule has 166 valence electrons. The summed E-state index contributed by atoms with van der Waals surface area (Å²) in [6.45, 7) is 11.5. The Labute approximate surface area is 192 Å². The number of carbonyl (C=O) groups excluding carboxylic acids is 1. The van der Waals surface area contributed by atoms with Crippen LogP contribution in [0, 0.1) is 6.92 Å². The van der Waals surface area contributed by atoms with Gasteiger partial charge in [-0.25, -0.2) is 0 Å². The molecule has 0 aliphatic carbocycles. The Kier molecular flexibility index (Phi) is 6.88. The number of benzene rings is 3. The summed E-state index contributed by atoms with van der Waals surface area (Å²) in [6, 6.07) is 28.9. The van der Waals surface area contributed by atoms with E-state index in [1.807, 2.05) is 12.1 Å². The van der Waals surface area contributed by atoms with Gasteiger partial charge in [-0.3, -0.25) is 14.6 Å². The van der Waals surface area contributed by atoms with Crippen molar-refractivity contribution in [1.29, 1.82) is 0 Å². The second-order valence-corrected chi connectivity index (χ2v) is 9.30. The number of aryl methyl sites for hydroxylation is 1. The number of Topliss-reactive ketones (excluding diaryl/α,β-unsaturated/α-hetero) is 1. The lowest BCUT2D eigenvalue weighted by atomic mass is 9.92. The molecule has 1 heterocycles. The monoisotopic (exact) mass is 426 g/mol. The first-order valence-corrected chi connectivity index (χ1v) is 11.6. The fourth-order valence-corrected chi connectivity index (χ4v) is 4.94. The molecule has 1 unspecified atom stereocenters. The van der Waals surface area contributed by atoms with Crippen LogP contribution < -0.4 is 0 Å². The molecule has 0 saturated carbocycles. The number of hydrogen-bond acceptors (Lipinski definition) is 3. The molecular formula is C29H34N2O. The molecule has 3 aromatic rings. The number of ketones is 1. The quantitative estimate of drug-likeness (QED) is 0.460. The Morgan fingerprint density at radius 3 is 2.25 bits per heavy atom. The van der Waals surface area contributed by atoms with Gasteiger partial charge in [0.25, 0.3) is 0 Å². The van der Waals surface area contributed by atoms with Gasteiger partial charge in [0.05, 0.1) is 6.04 Å². The van der Waals surface area contributed by atoms with E-state index in [1.54, 1.807) is 6.92 Å². The van der Waals surface area contributed by atoms with Gasteiger partial charge < -0.3 is 0 Å². The van der Waals surface area contributed by atoms with E-state index < -0.39 is 0 Å². The van der Waals surface area contributed by atoms with E-state index in [0.29, 0.717) is 12.1 Å². The Balaban J connectivity index is 1.63. The minimum absolute atomic E-state index is 0.111. The fourth-order valence-electron chi connectivity index (χ4n) is 4.94. The molecule has 3 aromatic carbocycles. The van der Waals surface area contributed by atoms with Gasteiger partial charge in [0, 0.05) is 37.3 Å². The summed E-state index contributed by atoms with van der Waals surface area (Å²) < 4.78 is 0. The number of piperazine rings is 1. The first-order chi connectivity index (χ1) is 15.4. The maximum absolute atomic E-state index is 11.8. The van der Waals surface area contributed by atoms with Gasteiger partial charge in [0.15, 0.2) is 5.78 Å². The molecule has 1 aliphatic rings. The van der Waals surface area contributed by atoms with Gasteiger partial charge >= 0.3 is 0 Å². The first-order valence-electron chi connectivity index (χ1n) is 11.6. The summed E-state index contributed by atoms with van der Waals surface area (Å²) in [5.41, 5.74) is 5.98. The molecule has 4 rings (SSSR count). The second-order valence-electron chi connectivity index (χ2n) is 9.30. The lowest BCUT2D eigenvalue weighted by Gasteiger charge is -2.47. The highest BCUT2D eigenvalue weighted by atomic mass is 16.1. The van der Waals surface area contributed by atoms with Crippen LogP contribution in [0.1, 0.15) is 59.4 Å². The summed E-state index contributed by atoms with van der Waals surface area (Å²) in [4.78, 5) is 17.1. The topological polar surface area (TPSA) is 23.6 Å². The zero-order valence-electron chi connectivity index (χ0n) is 19.7. The maximum Gasteiger partial charge on any atom is 0.159 e. The molecule has 1 aliphatic heterocycles. The van der Waals surface area contributed by atoms with Crippen molar-refractivity contribution in [2.75, 3.05) is 13.1 Å². The van der Waals surface area contributed by atoms with E-state index in [2.05, 4.69) is 97.3 Å². The zero-order valence-corrected chi connectivity index (χ0v) is 19.7. The van der Waals surface area contributed by atoms with Crippen LogP contribution in [0.25, 0.3) is 0 Å². The predicted molar refractivity (Wildman–Crippen MR) is 132 cm³/mol. The molecule has 0 radical (unpaired) electrons. The summed E-state index contributed by atoms with van der Waals surface area (Å²) in [7, 11) is 0. The maximum atomic E-state index is 11.8. The van der Waals surface area contributed by atoms with Gasteiger partial charge in [-0.15, -0.1) is 0 Å². The molecule has 3 atom stereocenters. The highest BCUT2D eigenvalue weighted by Gasteiger charge is 2.34.